The van der Waals surface area contributed by atoms with Crippen molar-refractivity contribution in [2.24, 2.45) is 5.92 Å². The summed E-state index contributed by atoms with van der Waals surface area (Å²) in [5, 5.41) is 0. The van der Waals surface area contributed by atoms with E-state index in [1.807, 2.05) is 0 Å². The predicted octanol–water partition coefficient (Wildman–Crippen LogP) is 4.12. The van der Waals surface area contributed by atoms with E-state index in [0.717, 1.165) is 0 Å². The molecule has 0 aromatic heterocycles. The Kier molecular flexibility index (Phi) is 3.27. The van der Waals surface area contributed by atoms with Gasteiger partial charge < -0.3 is 0 Å². The van der Waals surface area contributed by atoms with Gasteiger partial charge in [0.1, 0.15) is 0 Å². The Hall–Kier alpha value is -0.170. The van der Waals surface area contributed by atoms with Crippen LogP contribution in [0, 0.1) is 12.0 Å². The van der Waals surface area contributed by atoms with Gasteiger partial charge >= 0.3 is 0 Å². The Morgan fingerprint density at radius 2 is 2.00 bits per heavy atom. The average molecular weight is 376 g/mol. The van der Waals surface area contributed by atoms with E-state index in [1.54, 1.807) is 11.1 Å². The second-order valence-corrected chi connectivity index (χ2v) is 4.98. The molecule has 1 unspecified atom stereocenters. The Bertz CT molecular complexity index is 458. The molecule has 1 heteroatoms. The zero-order chi connectivity index (χ0) is 10.6. The smallest absolute Gasteiger partial charge is 0 e. The first-order valence-corrected chi connectivity index (χ1v) is 5.94. The molecule has 0 aromatic rings. The second kappa shape index (κ2) is 4.25. The van der Waals surface area contributed by atoms with Crippen molar-refractivity contribution >= 4 is 0 Å². The van der Waals surface area contributed by atoms with Gasteiger partial charge in [-0.1, -0.05) is 31.9 Å². The molecule has 0 radical (unpaired) electrons. The summed E-state index contributed by atoms with van der Waals surface area (Å²) >= 11 is 0. The number of fused-ring (bicyclic) bond motifs is 1. The van der Waals surface area contributed by atoms with E-state index < -0.39 is 0 Å². The van der Waals surface area contributed by atoms with Crippen LogP contribution in [-0.2, 0) is 25.8 Å². The second-order valence-electron chi connectivity index (χ2n) is 4.98. The van der Waals surface area contributed by atoms with E-state index in [-0.39, 0.29) is 25.8 Å². The molecule has 0 N–H and O–H groups in total. The summed E-state index contributed by atoms with van der Waals surface area (Å²) in [4.78, 5) is 0. The molecule has 0 saturated carbocycles. The third-order valence-electron chi connectivity index (χ3n) is 4.06. The van der Waals surface area contributed by atoms with Crippen molar-refractivity contribution in [3.05, 3.63) is 45.6 Å². The van der Waals surface area contributed by atoms with Crippen LogP contribution in [-0.4, -0.2) is 0 Å². The first kappa shape index (κ1) is 12.3. The fraction of sp³-hybridized carbons (Fsp3) is 0.467. The fourth-order valence-corrected chi connectivity index (χ4v) is 3.27. The van der Waals surface area contributed by atoms with Crippen LogP contribution in [0.5, 0.6) is 0 Å². The zero-order valence-electron chi connectivity index (χ0n) is 10.3. The van der Waals surface area contributed by atoms with E-state index in [1.165, 1.54) is 41.6 Å². The average Bonchev–Trinajstić information content (AvgIpc) is 2.79. The quantitative estimate of drug-likeness (QED) is 0.441. The maximum absolute atomic E-state index is 3.53. The number of hydrogen-bond acceptors (Lipinski definition) is 0. The van der Waals surface area contributed by atoms with Gasteiger partial charge in [-0.15, -0.1) is 5.57 Å². The van der Waals surface area contributed by atoms with Crippen molar-refractivity contribution in [1.82, 2.24) is 0 Å². The summed E-state index contributed by atoms with van der Waals surface area (Å²) in [6, 6.07) is 0. The summed E-state index contributed by atoms with van der Waals surface area (Å²) in [7, 11) is 0. The first-order chi connectivity index (χ1) is 7.18. The van der Waals surface area contributed by atoms with Crippen molar-refractivity contribution in [3.63, 3.8) is 0 Å². The van der Waals surface area contributed by atoms with Gasteiger partial charge in [-0.05, 0) is 25.2 Å². The molecule has 0 nitrogen and oxygen atoms in total. The standard InChI is InChI=1S/C15H17.Hf/c1-9-7-14-10(2)12-5-4-6-13(12)11(3)15(14)8-9;/h7,11H,4-6H2,1-3H3;/q-1;. The Balaban J connectivity index is 0.000000963. The number of rotatable bonds is 0. The van der Waals surface area contributed by atoms with Crippen LogP contribution >= 0.6 is 0 Å². The van der Waals surface area contributed by atoms with Crippen molar-refractivity contribution in [2.45, 2.75) is 40.0 Å². The molecule has 0 saturated heterocycles. The molecular formula is C15H17Hf-. The van der Waals surface area contributed by atoms with Gasteiger partial charge in [0.05, 0.1) is 0 Å². The summed E-state index contributed by atoms with van der Waals surface area (Å²) < 4.78 is 0. The van der Waals surface area contributed by atoms with Crippen LogP contribution in [0.2, 0.25) is 0 Å². The molecule has 3 aliphatic rings. The zero-order valence-corrected chi connectivity index (χ0v) is 13.9. The van der Waals surface area contributed by atoms with Crippen molar-refractivity contribution in [2.75, 3.05) is 0 Å². The Morgan fingerprint density at radius 3 is 2.75 bits per heavy atom. The summed E-state index contributed by atoms with van der Waals surface area (Å²) in [6.07, 6.45) is 9.81. The number of hydrogen-bond donors (Lipinski definition) is 0. The largest absolute Gasteiger partial charge is 0.204 e. The molecular weight excluding hydrogens is 359 g/mol. The minimum absolute atomic E-state index is 0. The topological polar surface area (TPSA) is 0 Å². The van der Waals surface area contributed by atoms with E-state index in [9.17, 15) is 0 Å². The molecule has 1 atom stereocenters. The molecule has 0 heterocycles. The molecule has 0 spiro atoms. The molecule has 82 valence electrons. The summed E-state index contributed by atoms with van der Waals surface area (Å²) in [5.74, 6) is 0.620. The third-order valence-corrected chi connectivity index (χ3v) is 4.06. The molecule has 3 rings (SSSR count). The van der Waals surface area contributed by atoms with E-state index in [0.29, 0.717) is 5.92 Å². The molecule has 0 aromatic carbocycles. The van der Waals surface area contributed by atoms with Crippen molar-refractivity contribution < 1.29 is 25.8 Å². The van der Waals surface area contributed by atoms with Gasteiger partial charge in [-0.25, -0.2) is 6.08 Å². The summed E-state index contributed by atoms with van der Waals surface area (Å²) in [5.41, 5.74) is 9.11. The van der Waals surface area contributed by atoms with Gasteiger partial charge in [-0.3, -0.25) is 0 Å². The maximum atomic E-state index is 3.53. The van der Waals surface area contributed by atoms with Gasteiger partial charge in [0.15, 0.2) is 0 Å². The third kappa shape index (κ3) is 1.59. The van der Waals surface area contributed by atoms with Gasteiger partial charge in [0.25, 0.3) is 0 Å². The van der Waals surface area contributed by atoms with Crippen LogP contribution in [0.4, 0.5) is 0 Å². The fourth-order valence-electron chi connectivity index (χ4n) is 3.27. The first-order valence-electron chi connectivity index (χ1n) is 5.94. The van der Waals surface area contributed by atoms with Crippen molar-refractivity contribution in [3.8, 4) is 0 Å². The Morgan fingerprint density at radius 1 is 1.25 bits per heavy atom. The normalized spacial score (nSPS) is 27.3. The van der Waals surface area contributed by atoms with Crippen LogP contribution in [0.3, 0.4) is 0 Å². The summed E-state index contributed by atoms with van der Waals surface area (Å²) in [6.45, 7) is 6.80. The molecule has 0 fully saturated rings. The molecule has 0 aliphatic heterocycles. The van der Waals surface area contributed by atoms with Crippen LogP contribution in [0.25, 0.3) is 0 Å². The monoisotopic (exact) mass is 377 g/mol. The van der Waals surface area contributed by atoms with Crippen LogP contribution < -0.4 is 0 Å². The van der Waals surface area contributed by atoms with Crippen LogP contribution in [0.1, 0.15) is 40.0 Å². The molecule has 0 bridgehead atoms. The molecule has 3 aliphatic carbocycles. The molecule has 16 heavy (non-hydrogen) atoms. The van der Waals surface area contributed by atoms with Crippen LogP contribution in [0.15, 0.2) is 39.5 Å². The van der Waals surface area contributed by atoms with E-state index >= 15 is 0 Å². The van der Waals surface area contributed by atoms with E-state index in [2.05, 4.69) is 32.9 Å². The minimum atomic E-state index is 0. The Labute approximate surface area is 117 Å². The molecule has 0 amide bonds. The van der Waals surface area contributed by atoms with Gasteiger partial charge in [0.2, 0.25) is 0 Å². The minimum Gasteiger partial charge on any atom is -0.204 e. The predicted molar refractivity (Wildman–Crippen MR) is 63.3 cm³/mol. The van der Waals surface area contributed by atoms with Gasteiger partial charge in [-0.2, -0.15) is 22.8 Å². The van der Waals surface area contributed by atoms with Gasteiger partial charge in [0, 0.05) is 25.8 Å². The van der Waals surface area contributed by atoms with Crippen molar-refractivity contribution in [1.29, 1.82) is 0 Å². The van der Waals surface area contributed by atoms with E-state index in [4.69, 9.17) is 0 Å². The SMILES string of the molecule is CC1=CC2=C(C)C3=C(CCC3)C(C)C2=[C-]1.[Hf]. The maximum Gasteiger partial charge on any atom is 0 e. The number of allylic oxidation sites excluding steroid dienone is 8.